The maximum Gasteiger partial charge on any atom is 0.156 e. The highest BCUT2D eigenvalue weighted by atomic mass is 16.5. The summed E-state index contributed by atoms with van der Waals surface area (Å²) < 4.78 is 12.7. The van der Waals surface area contributed by atoms with Crippen molar-refractivity contribution in [2.24, 2.45) is 0 Å². The maximum absolute atomic E-state index is 5.43. The Balaban J connectivity index is 1.72. The molecule has 0 spiro atoms. The smallest absolute Gasteiger partial charge is 0.156 e. The molecule has 6 nitrogen and oxygen atoms in total. The lowest BCUT2D eigenvalue weighted by Gasteiger charge is -2.26. The van der Waals surface area contributed by atoms with Gasteiger partial charge in [0.15, 0.2) is 5.65 Å². The van der Waals surface area contributed by atoms with Gasteiger partial charge in [0.05, 0.1) is 37.9 Å². The molecule has 25 heavy (non-hydrogen) atoms. The molecule has 0 atom stereocenters. The molecule has 0 radical (unpaired) electrons. The number of imidazole rings is 1. The zero-order valence-electron chi connectivity index (χ0n) is 14.6. The number of hydrogen-bond acceptors (Lipinski definition) is 5. The third kappa shape index (κ3) is 3.23. The molecule has 1 aliphatic heterocycles. The van der Waals surface area contributed by atoms with Crippen molar-refractivity contribution in [3.63, 3.8) is 0 Å². The lowest BCUT2D eigenvalue weighted by Crippen LogP contribution is -2.36. The third-order valence-electron chi connectivity index (χ3n) is 4.58. The number of benzene rings is 1. The Labute approximate surface area is 147 Å². The predicted octanol–water partition coefficient (Wildman–Crippen LogP) is 2.55. The van der Waals surface area contributed by atoms with E-state index in [1.54, 1.807) is 7.11 Å². The Hall–Kier alpha value is -2.44. The van der Waals surface area contributed by atoms with E-state index in [0.717, 1.165) is 66.8 Å². The molecule has 0 aliphatic carbocycles. The lowest BCUT2D eigenvalue weighted by molar-refractivity contribution is 0.0334. The van der Waals surface area contributed by atoms with Gasteiger partial charge in [0.2, 0.25) is 0 Å². The molecule has 1 aliphatic rings. The van der Waals surface area contributed by atoms with Crippen LogP contribution in [0, 0.1) is 6.92 Å². The molecular weight excluding hydrogens is 316 g/mol. The molecule has 4 rings (SSSR count). The third-order valence-corrected chi connectivity index (χ3v) is 4.58. The van der Waals surface area contributed by atoms with E-state index >= 15 is 0 Å². The van der Waals surface area contributed by atoms with Gasteiger partial charge in [-0.1, -0.05) is 12.1 Å². The van der Waals surface area contributed by atoms with Crippen molar-refractivity contribution in [1.82, 2.24) is 19.5 Å². The highest BCUT2D eigenvalue weighted by Crippen LogP contribution is 2.24. The predicted molar refractivity (Wildman–Crippen MR) is 95.8 cm³/mol. The van der Waals surface area contributed by atoms with E-state index in [1.165, 1.54) is 0 Å². The molecule has 0 bridgehead atoms. The zero-order valence-corrected chi connectivity index (χ0v) is 14.6. The minimum Gasteiger partial charge on any atom is -0.497 e. The first-order valence-corrected chi connectivity index (χ1v) is 8.53. The van der Waals surface area contributed by atoms with E-state index in [0.29, 0.717) is 0 Å². The minimum absolute atomic E-state index is 0.790. The van der Waals surface area contributed by atoms with Crippen molar-refractivity contribution in [1.29, 1.82) is 0 Å². The van der Waals surface area contributed by atoms with Gasteiger partial charge in [0, 0.05) is 25.2 Å². The van der Waals surface area contributed by atoms with Crippen LogP contribution in [-0.2, 0) is 11.3 Å². The standard InChI is InChI=1S/C19H22N4O2/c1-14-10-18(15-4-3-5-17(11-15)24-2)21-23-16(12-20-19(14)23)13-22-6-8-25-9-7-22/h3-5,10-12H,6-9,13H2,1-2H3. The van der Waals surface area contributed by atoms with Gasteiger partial charge in [0.25, 0.3) is 0 Å². The van der Waals surface area contributed by atoms with Crippen molar-refractivity contribution in [3.05, 3.63) is 47.8 Å². The van der Waals surface area contributed by atoms with Crippen molar-refractivity contribution in [2.75, 3.05) is 33.4 Å². The molecule has 0 amide bonds. The van der Waals surface area contributed by atoms with E-state index in [-0.39, 0.29) is 0 Å². The van der Waals surface area contributed by atoms with Crippen LogP contribution in [0.15, 0.2) is 36.5 Å². The maximum atomic E-state index is 5.43. The van der Waals surface area contributed by atoms with Crippen LogP contribution in [0.2, 0.25) is 0 Å². The molecule has 1 fully saturated rings. The van der Waals surface area contributed by atoms with Gasteiger partial charge in [-0.25, -0.2) is 9.50 Å². The molecule has 0 saturated carbocycles. The first-order chi connectivity index (χ1) is 12.2. The molecule has 1 aromatic carbocycles. The van der Waals surface area contributed by atoms with Gasteiger partial charge in [-0.05, 0) is 30.7 Å². The monoisotopic (exact) mass is 338 g/mol. The van der Waals surface area contributed by atoms with Crippen LogP contribution in [0.1, 0.15) is 11.3 Å². The fourth-order valence-electron chi connectivity index (χ4n) is 3.19. The molecule has 3 aromatic rings. The average molecular weight is 338 g/mol. The van der Waals surface area contributed by atoms with Gasteiger partial charge in [-0.3, -0.25) is 4.90 Å². The van der Waals surface area contributed by atoms with Crippen LogP contribution in [0.4, 0.5) is 0 Å². The molecular formula is C19H22N4O2. The van der Waals surface area contributed by atoms with Crippen LogP contribution in [0.25, 0.3) is 16.9 Å². The molecule has 6 heteroatoms. The number of nitrogens with zero attached hydrogens (tertiary/aromatic N) is 4. The quantitative estimate of drug-likeness (QED) is 0.732. The molecule has 3 heterocycles. The Morgan fingerprint density at radius 2 is 2.04 bits per heavy atom. The first kappa shape index (κ1) is 16.1. The molecule has 0 unspecified atom stereocenters. The molecule has 130 valence electrons. The highest BCUT2D eigenvalue weighted by molar-refractivity contribution is 5.64. The largest absolute Gasteiger partial charge is 0.497 e. The van der Waals surface area contributed by atoms with Crippen LogP contribution in [-0.4, -0.2) is 52.9 Å². The van der Waals surface area contributed by atoms with Crippen molar-refractivity contribution < 1.29 is 9.47 Å². The topological polar surface area (TPSA) is 51.9 Å². The molecule has 0 N–H and O–H groups in total. The summed E-state index contributed by atoms with van der Waals surface area (Å²) in [5, 5.41) is 4.85. The first-order valence-electron chi connectivity index (χ1n) is 8.53. The van der Waals surface area contributed by atoms with Gasteiger partial charge in [-0.2, -0.15) is 5.10 Å². The number of methoxy groups -OCH3 is 1. The highest BCUT2D eigenvalue weighted by Gasteiger charge is 2.15. The second-order valence-corrected chi connectivity index (χ2v) is 6.32. The number of hydrogen-bond donors (Lipinski definition) is 0. The van der Waals surface area contributed by atoms with E-state index in [1.807, 2.05) is 28.9 Å². The number of aromatic nitrogens is 3. The zero-order chi connectivity index (χ0) is 17.2. The SMILES string of the molecule is COc1cccc(-c2cc(C)c3ncc(CN4CCOCC4)n3n2)c1. The summed E-state index contributed by atoms with van der Waals surface area (Å²) in [4.78, 5) is 6.95. The Kier molecular flexibility index (Phi) is 4.38. The molecule has 1 saturated heterocycles. The Bertz CT molecular complexity index is 884. The average Bonchev–Trinajstić information content (AvgIpc) is 3.06. The fourth-order valence-corrected chi connectivity index (χ4v) is 3.19. The molecule has 2 aromatic heterocycles. The lowest BCUT2D eigenvalue weighted by atomic mass is 10.1. The summed E-state index contributed by atoms with van der Waals surface area (Å²) in [5.74, 6) is 0.830. The number of rotatable bonds is 4. The van der Waals surface area contributed by atoms with Gasteiger partial charge in [0.1, 0.15) is 5.75 Å². The van der Waals surface area contributed by atoms with Crippen LogP contribution in [0.5, 0.6) is 5.75 Å². The Morgan fingerprint density at radius 1 is 1.20 bits per heavy atom. The van der Waals surface area contributed by atoms with Gasteiger partial charge >= 0.3 is 0 Å². The van der Waals surface area contributed by atoms with Crippen LogP contribution >= 0.6 is 0 Å². The second kappa shape index (κ2) is 6.82. The van der Waals surface area contributed by atoms with E-state index in [4.69, 9.17) is 14.6 Å². The number of morpholine rings is 1. The van der Waals surface area contributed by atoms with Gasteiger partial charge in [-0.15, -0.1) is 0 Å². The van der Waals surface area contributed by atoms with Gasteiger partial charge < -0.3 is 9.47 Å². The van der Waals surface area contributed by atoms with Crippen molar-refractivity contribution in [2.45, 2.75) is 13.5 Å². The number of ether oxygens (including phenoxy) is 2. The minimum atomic E-state index is 0.790. The summed E-state index contributed by atoms with van der Waals surface area (Å²) in [6.45, 7) is 6.38. The number of fused-ring (bicyclic) bond motifs is 1. The van der Waals surface area contributed by atoms with E-state index in [9.17, 15) is 0 Å². The summed E-state index contributed by atoms with van der Waals surface area (Å²) in [5.41, 5.74) is 5.08. The van der Waals surface area contributed by atoms with Crippen molar-refractivity contribution >= 4 is 5.65 Å². The summed E-state index contributed by atoms with van der Waals surface area (Å²) in [7, 11) is 1.68. The Morgan fingerprint density at radius 3 is 2.84 bits per heavy atom. The van der Waals surface area contributed by atoms with Crippen molar-refractivity contribution in [3.8, 4) is 17.0 Å². The summed E-state index contributed by atoms with van der Waals surface area (Å²) in [6, 6.07) is 10.1. The van der Waals surface area contributed by atoms with E-state index < -0.39 is 0 Å². The normalized spacial score (nSPS) is 15.6. The summed E-state index contributed by atoms with van der Waals surface area (Å²) >= 11 is 0. The van der Waals surface area contributed by atoms with E-state index in [2.05, 4.69) is 28.9 Å². The number of aryl methyl sites for hydroxylation is 1. The second-order valence-electron chi connectivity index (χ2n) is 6.32. The summed E-state index contributed by atoms with van der Waals surface area (Å²) in [6.07, 6.45) is 1.93. The van der Waals surface area contributed by atoms with Crippen LogP contribution in [0.3, 0.4) is 0 Å². The fraction of sp³-hybridized carbons (Fsp3) is 0.368. The van der Waals surface area contributed by atoms with Crippen LogP contribution < -0.4 is 4.74 Å².